The zero-order valence-electron chi connectivity index (χ0n) is 12.9. The van der Waals surface area contributed by atoms with Crippen molar-refractivity contribution in [3.63, 3.8) is 0 Å². The lowest BCUT2D eigenvalue weighted by Gasteiger charge is -2.19. The molecule has 0 bridgehead atoms. The van der Waals surface area contributed by atoms with E-state index in [4.69, 9.17) is 4.42 Å². The highest BCUT2D eigenvalue weighted by atomic mass is 16.4. The van der Waals surface area contributed by atoms with Crippen LogP contribution in [0.15, 0.2) is 22.6 Å². The summed E-state index contributed by atoms with van der Waals surface area (Å²) >= 11 is 0. The van der Waals surface area contributed by atoms with Crippen LogP contribution < -0.4 is 5.32 Å². The minimum atomic E-state index is 0.108. The molecule has 4 nitrogen and oxygen atoms in total. The first-order valence-corrected chi connectivity index (χ1v) is 6.99. The molecule has 0 fully saturated rings. The van der Waals surface area contributed by atoms with Crippen LogP contribution in [0.1, 0.15) is 37.8 Å². The number of hydrogen-bond acceptors (Lipinski definition) is 4. The van der Waals surface area contributed by atoms with Gasteiger partial charge in [0, 0.05) is 24.1 Å². The summed E-state index contributed by atoms with van der Waals surface area (Å²) in [4.78, 5) is 0. The van der Waals surface area contributed by atoms with Crippen LogP contribution in [0.2, 0.25) is 0 Å². The van der Waals surface area contributed by atoms with Gasteiger partial charge in [0.15, 0.2) is 0 Å². The highest BCUT2D eigenvalue weighted by molar-refractivity contribution is 5.55. The summed E-state index contributed by atoms with van der Waals surface area (Å²) in [7, 11) is 0. The van der Waals surface area contributed by atoms with E-state index in [0.717, 1.165) is 18.5 Å². The van der Waals surface area contributed by atoms with Gasteiger partial charge in [-0.15, -0.1) is 10.2 Å². The molecule has 0 aliphatic heterocycles. The number of aryl methyl sites for hydroxylation is 2. The third-order valence-electron chi connectivity index (χ3n) is 2.93. The second-order valence-corrected chi connectivity index (χ2v) is 6.30. The summed E-state index contributed by atoms with van der Waals surface area (Å²) in [6.07, 6.45) is 0.745. The molecule has 4 heteroatoms. The van der Waals surface area contributed by atoms with Gasteiger partial charge in [-0.25, -0.2) is 0 Å². The lowest BCUT2D eigenvalue weighted by Crippen LogP contribution is -2.37. The van der Waals surface area contributed by atoms with Crippen LogP contribution >= 0.6 is 0 Å². The van der Waals surface area contributed by atoms with Crippen molar-refractivity contribution in [1.29, 1.82) is 0 Å². The lowest BCUT2D eigenvalue weighted by molar-refractivity contribution is 0.412. The average molecular weight is 273 g/mol. The molecule has 0 aliphatic rings. The molecule has 1 aromatic heterocycles. The summed E-state index contributed by atoms with van der Waals surface area (Å²) in [5, 5.41) is 11.7. The van der Waals surface area contributed by atoms with E-state index in [1.165, 1.54) is 11.1 Å². The Kier molecular flexibility index (Phi) is 4.23. The largest absolute Gasteiger partial charge is 0.421 e. The summed E-state index contributed by atoms with van der Waals surface area (Å²) in [5.74, 6) is 1.28. The van der Waals surface area contributed by atoms with E-state index in [1.54, 1.807) is 0 Å². The fraction of sp³-hybridized carbons (Fsp3) is 0.500. The quantitative estimate of drug-likeness (QED) is 0.928. The van der Waals surface area contributed by atoms with E-state index in [-0.39, 0.29) is 5.54 Å². The molecule has 1 aromatic carbocycles. The Bertz CT molecular complexity index is 561. The van der Waals surface area contributed by atoms with Gasteiger partial charge in [-0.2, -0.15) is 0 Å². The van der Waals surface area contributed by atoms with Crippen molar-refractivity contribution in [1.82, 2.24) is 15.5 Å². The van der Waals surface area contributed by atoms with E-state index >= 15 is 0 Å². The maximum absolute atomic E-state index is 5.73. The molecule has 0 atom stereocenters. The fourth-order valence-corrected chi connectivity index (χ4v) is 2.11. The van der Waals surface area contributed by atoms with Gasteiger partial charge in [-0.05, 0) is 46.8 Å². The first-order valence-electron chi connectivity index (χ1n) is 6.99. The Hall–Kier alpha value is -1.68. The predicted octanol–water partition coefficient (Wildman–Crippen LogP) is 3.28. The molecule has 2 rings (SSSR count). The van der Waals surface area contributed by atoms with E-state index in [2.05, 4.69) is 68.3 Å². The Morgan fingerprint density at radius 2 is 1.70 bits per heavy atom. The van der Waals surface area contributed by atoms with Crippen molar-refractivity contribution in [2.75, 3.05) is 6.54 Å². The molecule has 0 spiro atoms. The molecule has 0 saturated carbocycles. The summed E-state index contributed by atoms with van der Waals surface area (Å²) in [5.41, 5.74) is 3.50. The van der Waals surface area contributed by atoms with Crippen LogP contribution in [0.5, 0.6) is 0 Å². The molecule has 0 radical (unpaired) electrons. The Morgan fingerprint density at radius 1 is 1.05 bits per heavy atom. The fourth-order valence-electron chi connectivity index (χ4n) is 2.11. The summed E-state index contributed by atoms with van der Waals surface area (Å²) in [6, 6.07) is 6.27. The Labute approximate surface area is 120 Å². The zero-order chi connectivity index (χ0) is 14.8. The maximum Gasteiger partial charge on any atom is 0.247 e. The normalized spacial score (nSPS) is 11.8. The van der Waals surface area contributed by atoms with Crippen molar-refractivity contribution in [2.24, 2.45) is 0 Å². The number of hydrogen-bond donors (Lipinski definition) is 1. The van der Waals surface area contributed by atoms with Crippen LogP contribution in [0.3, 0.4) is 0 Å². The van der Waals surface area contributed by atoms with Crippen molar-refractivity contribution < 1.29 is 4.42 Å². The number of nitrogens with zero attached hydrogens (tertiary/aromatic N) is 2. The smallest absolute Gasteiger partial charge is 0.247 e. The van der Waals surface area contributed by atoms with Crippen molar-refractivity contribution in [2.45, 2.75) is 46.6 Å². The molecular formula is C16H23N3O. The van der Waals surface area contributed by atoms with Crippen molar-refractivity contribution >= 4 is 0 Å². The van der Waals surface area contributed by atoms with Gasteiger partial charge >= 0.3 is 0 Å². The third kappa shape index (κ3) is 4.17. The number of rotatable bonds is 4. The first kappa shape index (κ1) is 14.7. The molecule has 1 N–H and O–H groups in total. The van der Waals surface area contributed by atoms with Crippen LogP contribution in [0.25, 0.3) is 11.5 Å². The topological polar surface area (TPSA) is 51.0 Å². The minimum absolute atomic E-state index is 0.108. The van der Waals surface area contributed by atoms with Crippen LogP contribution in [-0.4, -0.2) is 22.3 Å². The monoisotopic (exact) mass is 273 g/mol. The number of benzene rings is 1. The molecule has 0 amide bonds. The minimum Gasteiger partial charge on any atom is -0.421 e. The van der Waals surface area contributed by atoms with Crippen LogP contribution in [-0.2, 0) is 6.42 Å². The van der Waals surface area contributed by atoms with E-state index in [0.29, 0.717) is 11.8 Å². The molecule has 0 aliphatic carbocycles. The Morgan fingerprint density at radius 3 is 2.30 bits per heavy atom. The van der Waals surface area contributed by atoms with Gasteiger partial charge in [0.1, 0.15) is 0 Å². The van der Waals surface area contributed by atoms with E-state index in [1.807, 2.05) is 0 Å². The van der Waals surface area contributed by atoms with Crippen LogP contribution in [0.4, 0.5) is 0 Å². The molecule has 108 valence electrons. The first-order chi connectivity index (χ1) is 9.33. The van der Waals surface area contributed by atoms with Gasteiger partial charge in [0.25, 0.3) is 0 Å². The highest BCUT2D eigenvalue weighted by Crippen LogP contribution is 2.21. The molecular weight excluding hydrogens is 250 g/mol. The van der Waals surface area contributed by atoms with Crippen molar-refractivity contribution in [3.05, 3.63) is 35.2 Å². The summed E-state index contributed by atoms with van der Waals surface area (Å²) in [6.45, 7) is 11.4. The number of nitrogens with one attached hydrogen (secondary N) is 1. The molecule has 20 heavy (non-hydrogen) atoms. The number of aromatic nitrogens is 2. The standard InChI is InChI=1S/C16H23N3O/c1-11-8-12(2)10-13(9-11)15-19-18-14(20-15)6-7-17-16(3,4)5/h8-10,17H,6-7H2,1-5H3. The second kappa shape index (κ2) is 5.75. The summed E-state index contributed by atoms with van der Waals surface area (Å²) < 4.78 is 5.73. The van der Waals surface area contributed by atoms with Gasteiger partial charge < -0.3 is 9.73 Å². The second-order valence-electron chi connectivity index (χ2n) is 6.30. The third-order valence-corrected chi connectivity index (χ3v) is 2.93. The molecule has 0 unspecified atom stereocenters. The van der Waals surface area contributed by atoms with E-state index in [9.17, 15) is 0 Å². The SMILES string of the molecule is Cc1cc(C)cc(-c2nnc(CCNC(C)(C)C)o2)c1. The zero-order valence-corrected chi connectivity index (χ0v) is 12.9. The lowest BCUT2D eigenvalue weighted by atomic mass is 10.1. The molecule has 2 aromatic rings. The molecule has 0 saturated heterocycles. The Balaban J connectivity index is 2.05. The van der Waals surface area contributed by atoms with Gasteiger partial charge in [0.2, 0.25) is 11.8 Å². The van der Waals surface area contributed by atoms with Crippen LogP contribution in [0, 0.1) is 13.8 Å². The maximum atomic E-state index is 5.73. The van der Waals surface area contributed by atoms with E-state index < -0.39 is 0 Å². The predicted molar refractivity (Wildman–Crippen MR) is 80.7 cm³/mol. The molecule has 1 heterocycles. The van der Waals surface area contributed by atoms with Crippen molar-refractivity contribution in [3.8, 4) is 11.5 Å². The average Bonchev–Trinajstić information content (AvgIpc) is 2.74. The highest BCUT2D eigenvalue weighted by Gasteiger charge is 2.12. The van der Waals surface area contributed by atoms with Gasteiger partial charge in [-0.3, -0.25) is 0 Å². The van der Waals surface area contributed by atoms with Gasteiger partial charge in [0.05, 0.1) is 0 Å². The van der Waals surface area contributed by atoms with Gasteiger partial charge in [-0.1, -0.05) is 17.2 Å².